The molecule has 0 aliphatic heterocycles. The first-order valence-corrected chi connectivity index (χ1v) is 7.80. The highest BCUT2D eigenvalue weighted by Crippen LogP contribution is 2.25. The average molecular weight is 317 g/mol. The lowest BCUT2D eigenvalue weighted by Crippen LogP contribution is -2.14. The van der Waals surface area contributed by atoms with E-state index in [1.54, 1.807) is 6.20 Å². The van der Waals surface area contributed by atoms with Gasteiger partial charge in [0.05, 0.1) is 0 Å². The molecule has 4 nitrogen and oxygen atoms in total. The number of nitrogens with two attached hydrogens (primary N) is 1. The Morgan fingerprint density at radius 3 is 2.25 bits per heavy atom. The molecule has 3 aromatic rings. The zero-order chi connectivity index (χ0) is 16.6. The molecule has 0 radical (unpaired) electrons. The van der Waals surface area contributed by atoms with Crippen LogP contribution in [0.15, 0.2) is 84.0 Å². The minimum Gasteiger partial charge on any atom is -0.485 e. The largest absolute Gasteiger partial charge is 0.485 e. The fraction of sp³-hybridized carbons (Fsp3) is 0.100. The van der Waals surface area contributed by atoms with Crippen LogP contribution in [-0.2, 0) is 13.0 Å². The van der Waals surface area contributed by atoms with E-state index in [9.17, 15) is 0 Å². The summed E-state index contributed by atoms with van der Waals surface area (Å²) in [5, 5.41) is 0. The number of hydrogen-bond acceptors (Lipinski definition) is 3. The Hall–Kier alpha value is -3.14. The molecule has 0 spiro atoms. The van der Waals surface area contributed by atoms with Gasteiger partial charge in [-0.25, -0.2) is 9.98 Å². The van der Waals surface area contributed by atoms with Gasteiger partial charge in [0.25, 0.3) is 0 Å². The highest BCUT2D eigenvalue weighted by atomic mass is 16.5. The smallest absolute Gasteiger partial charge is 0.196 e. The van der Waals surface area contributed by atoms with Gasteiger partial charge < -0.3 is 10.5 Å². The highest BCUT2D eigenvalue weighted by Gasteiger charge is 2.05. The second-order valence-electron chi connectivity index (χ2n) is 5.36. The number of amidine groups is 1. The van der Waals surface area contributed by atoms with Gasteiger partial charge in [-0.3, -0.25) is 0 Å². The van der Waals surface area contributed by atoms with Crippen LogP contribution in [0.3, 0.4) is 0 Å². The second-order valence-corrected chi connectivity index (χ2v) is 5.36. The Morgan fingerprint density at radius 1 is 0.875 bits per heavy atom. The van der Waals surface area contributed by atoms with Crippen LogP contribution < -0.4 is 10.5 Å². The van der Waals surface area contributed by atoms with Crippen LogP contribution in [0.1, 0.15) is 11.1 Å². The molecule has 24 heavy (non-hydrogen) atoms. The standard InChI is InChI=1S/C20H19N3O/c21-19(14-16-8-3-1-4-9-16)23-20-18(12-7-13-22-20)24-15-17-10-5-2-6-11-17/h1-13H,14-15H2,(H2,21,22,23). The monoisotopic (exact) mass is 317 g/mol. The van der Waals surface area contributed by atoms with Crippen LogP contribution in [0.4, 0.5) is 5.82 Å². The summed E-state index contributed by atoms with van der Waals surface area (Å²) in [6, 6.07) is 23.6. The predicted molar refractivity (Wildman–Crippen MR) is 96.4 cm³/mol. The van der Waals surface area contributed by atoms with Gasteiger partial charge in [0, 0.05) is 12.6 Å². The van der Waals surface area contributed by atoms with Crippen LogP contribution in [-0.4, -0.2) is 10.8 Å². The normalized spacial score (nSPS) is 11.2. The molecule has 3 rings (SSSR count). The van der Waals surface area contributed by atoms with Crippen LogP contribution in [0, 0.1) is 0 Å². The molecule has 0 bridgehead atoms. The molecule has 0 amide bonds. The molecule has 0 aliphatic rings. The van der Waals surface area contributed by atoms with E-state index in [1.807, 2.05) is 72.8 Å². The first kappa shape index (κ1) is 15.7. The molecule has 4 heteroatoms. The zero-order valence-corrected chi connectivity index (χ0v) is 13.3. The molecule has 2 N–H and O–H groups in total. The van der Waals surface area contributed by atoms with Gasteiger partial charge in [0.1, 0.15) is 12.4 Å². The maximum absolute atomic E-state index is 6.07. The van der Waals surface area contributed by atoms with Crippen LogP contribution in [0.5, 0.6) is 5.75 Å². The molecule has 0 aliphatic carbocycles. The number of ether oxygens (including phenoxy) is 1. The Bertz CT molecular complexity index is 801. The third-order valence-corrected chi connectivity index (χ3v) is 3.47. The van der Waals surface area contributed by atoms with Gasteiger partial charge in [-0.1, -0.05) is 60.7 Å². The van der Waals surface area contributed by atoms with E-state index < -0.39 is 0 Å². The maximum Gasteiger partial charge on any atom is 0.196 e. The van der Waals surface area contributed by atoms with Gasteiger partial charge in [-0.05, 0) is 23.3 Å². The summed E-state index contributed by atoms with van der Waals surface area (Å²) in [4.78, 5) is 8.70. The van der Waals surface area contributed by atoms with E-state index in [0.29, 0.717) is 30.4 Å². The van der Waals surface area contributed by atoms with Crippen molar-refractivity contribution in [1.82, 2.24) is 4.98 Å². The first-order valence-electron chi connectivity index (χ1n) is 7.80. The summed E-state index contributed by atoms with van der Waals surface area (Å²) in [6.07, 6.45) is 2.26. The van der Waals surface area contributed by atoms with Crippen molar-refractivity contribution >= 4 is 11.7 Å². The van der Waals surface area contributed by atoms with Gasteiger partial charge >= 0.3 is 0 Å². The Morgan fingerprint density at radius 2 is 1.54 bits per heavy atom. The van der Waals surface area contributed by atoms with Gasteiger partial charge in [0.2, 0.25) is 0 Å². The predicted octanol–water partition coefficient (Wildman–Crippen LogP) is 3.89. The quantitative estimate of drug-likeness (QED) is 0.554. The molecule has 120 valence electrons. The molecule has 0 unspecified atom stereocenters. The van der Waals surface area contributed by atoms with Crippen LogP contribution in [0.25, 0.3) is 0 Å². The maximum atomic E-state index is 6.07. The van der Waals surface area contributed by atoms with Crippen molar-refractivity contribution in [1.29, 1.82) is 0 Å². The summed E-state index contributed by atoms with van der Waals surface area (Å²) >= 11 is 0. The fourth-order valence-corrected chi connectivity index (χ4v) is 2.29. The molecule has 1 heterocycles. The van der Waals surface area contributed by atoms with E-state index in [-0.39, 0.29) is 0 Å². The summed E-state index contributed by atoms with van der Waals surface area (Å²) in [6.45, 7) is 0.466. The average Bonchev–Trinajstić information content (AvgIpc) is 2.63. The highest BCUT2D eigenvalue weighted by molar-refractivity contribution is 5.85. The summed E-state index contributed by atoms with van der Waals surface area (Å²) < 4.78 is 5.85. The Labute approximate surface area is 141 Å². The third-order valence-electron chi connectivity index (χ3n) is 3.47. The molecule has 0 saturated carbocycles. The molecule has 0 atom stereocenters. The minimum absolute atomic E-state index is 0.466. The van der Waals surface area contributed by atoms with Crippen molar-refractivity contribution in [2.45, 2.75) is 13.0 Å². The van der Waals surface area contributed by atoms with Crippen molar-refractivity contribution in [3.63, 3.8) is 0 Å². The van der Waals surface area contributed by atoms with Crippen molar-refractivity contribution < 1.29 is 4.74 Å². The van der Waals surface area contributed by atoms with E-state index >= 15 is 0 Å². The van der Waals surface area contributed by atoms with E-state index in [2.05, 4.69) is 9.98 Å². The van der Waals surface area contributed by atoms with Crippen LogP contribution in [0.2, 0.25) is 0 Å². The molecule has 2 aromatic carbocycles. The number of pyridine rings is 1. The number of nitrogens with zero attached hydrogens (tertiary/aromatic N) is 2. The van der Waals surface area contributed by atoms with Gasteiger partial charge in [0.15, 0.2) is 11.6 Å². The molecule has 1 aromatic heterocycles. The van der Waals surface area contributed by atoms with Crippen molar-refractivity contribution in [2.75, 3.05) is 0 Å². The van der Waals surface area contributed by atoms with Crippen molar-refractivity contribution in [3.05, 3.63) is 90.1 Å². The Kier molecular flexibility index (Phi) is 5.20. The number of hydrogen-bond donors (Lipinski definition) is 1. The molecule has 0 saturated heterocycles. The van der Waals surface area contributed by atoms with E-state index in [1.165, 1.54) is 0 Å². The lowest BCUT2D eigenvalue weighted by Gasteiger charge is -2.09. The van der Waals surface area contributed by atoms with E-state index in [4.69, 9.17) is 10.5 Å². The number of aliphatic imine (C=N–C) groups is 1. The fourth-order valence-electron chi connectivity index (χ4n) is 2.29. The molecular formula is C20H19N3O. The Balaban J connectivity index is 1.72. The lowest BCUT2D eigenvalue weighted by molar-refractivity contribution is 0.306. The number of benzene rings is 2. The lowest BCUT2D eigenvalue weighted by atomic mass is 10.1. The van der Waals surface area contributed by atoms with Crippen LogP contribution >= 0.6 is 0 Å². The summed E-state index contributed by atoms with van der Waals surface area (Å²) in [5.41, 5.74) is 8.27. The minimum atomic E-state index is 0.466. The SMILES string of the molecule is N/C(Cc1ccccc1)=N\c1ncccc1OCc1ccccc1. The topological polar surface area (TPSA) is 60.5 Å². The number of aromatic nitrogens is 1. The van der Waals surface area contributed by atoms with E-state index in [0.717, 1.165) is 11.1 Å². The zero-order valence-electron chi connectivity index (χ0n) is 13.3. The first-order chi connectivity index (χ1) is 11.8. The van der Waals surface area contributed by atoms with Gasteiger partial charge in [-0.15, -0.1) is 0 Å². The van der Waals surface area contributed by atoms with Crippen molar-refractivity contribution in [2.24, 2.45) is 10.7 Å². The summed E-state index contributed by atoms with van der Waals surface area (Å²) in [5.74, 6) is 1.63. The van der Waals surface area contributed by atoms with Crippen molar-refractivity contribution in [3.8, 4) is 5.75 Å². The second kappa shape index (κ2) is 7.92. The summed E-state index contributed by atoms with van der Waals surface area (Å²) in [7, 11) is 0. The van der Waals surface area contributed by atoms with Gasteiger partial charge in [-0.2, -0.15) is 0 Å². The molecular weight excluding hydrogens is 298 g/mol. The number of rotatable bonds is 6. The third kappa shape index (κ3) is 4.43. The molecule has 0 fully saturated rings.